The lowest BCUT2D eigenvalue weighted by atomic mass is 9.91. The van der Waals surface area contributed by atoms with Crippen LogP contribution in [-0.2, 0) is 4.79 Å². The molecule has 1 aromatic carbocycles. The fourth-order valence-electron chi connectivity index (χ4n) is 5.10. The maximum Gasteiger partial charge on any atom is 0.253 e. The molecule has 2 saturated carbocycles. The van der Waals surface area contributed by atoms with Crippen LogP contribution in [-0.4, -0.2) is 59.3 Å². The molecule has 9 heteroatoms. The Morgan fingerprint density at radius 1 is 1.08 bits per heavy atom. The molecule has 0 aliphatic heterocycles. The van der Waals surface area contributed by atoms with Crippen molar-refractivity contribution in [3.63, 3.8) is 0 Å². The second kappa shape index (κ2) is 10.8. The molecule has 0 spiro atoms. The minimum absolute atomic E-state index is 0.0319. The van der Waals surface area contributed by atoms with E-state index in [1.54, 1.807) is 13.3 Å². The van der Waals surface area contributed by atoms with Crippen molar-refractivity contribution < 1.29 is 24.2 Å². The molecule has 3 aromatic rings. The lowest BCUT2D eigenvalue weighted by molar-refractivity contribution is -0.124. The van der Waals surface area contributed by atoms with Gasteiger partial charge in [0.25, 0.3) is 5.91 Å². The Balaban J connectivity index is 1.37. The van der Waals surface area contributed by atoms with Gasteiger partial charge in [-0.05, 0) is 69.6 Å². The zero-order valence-corrected chi connectivity index (χ0v) is 21.3. The van der Waals surface area contributed by atoms with Crippen LogP contribution in [0.4, 0.5) is 0 Å². The number of carbonyl (C=O) groups is 2. The topological polar surface area (TPSA) is 126 Å². The molecule has 9 nitrogen and oxygen atoms in total. The smallest absolute Gasteiger partial charge is 0.253 e. The number of nitrogens with zero attached hydrogens (tertiary/aromatic N) is 1. The fourth-order valence-corrected chi connectivity index (χ4v) is 5.10. The van der Waals surface area contributed by atoms with Crippen LogP contribution in [0.15, 0.2) is 30.5 Å². The number of nitrogens with one attached hydrogen (secondary N) is 3. The first kappa shape index (κ1) is 25.1. The molecule has 196 valence electrons. The van der Waals surface area contributed by atoms with Crippen molar-refractivity contribution in [3.05, 3.63) is 41.7 Å². The highest BCUT2D eigenvalue weighted by molar-refractivity contribution is 6.10. The highest BCUT2D eigenvalue weighted by Gasteiger charge is 2.27. The van der Waals surface area contributed by atoms with E-state index in [-0.39, 0.29) is 23.9 Å². The second-order valence-corrected chi connectivity index (χ2v) is 10.1. The summed E-state index contributed by atoms with van der Waals surface area (Å²) in [6.45, 7) is 2.07. The summed E-state index contributed by atoms with van der Waals surface area (Å²) in [4.78, 5) is 32.9. The molecular weight excluding hydrogens is 472 g/mol. The Bertz CT molecular complexity index is 1290. The van der Waals surface area contributed by atoms with E-state index in [0.29, 0.717) is 18.1 Å². The van der Waals surface area contributed by atoms with Gasteiger partial charge < -0.3 is 30.2 Å². The van der Waals surface area contributed by atoms with Gasteiger partial charge in [-0.15, -0.1) is 0 Å². The summed E-state index contributed by atoms with van der Waals surface area (Å²) < 4.78 is 11.6. The van der Waals surface area contributed by atoms with E-state index in [9.17, 15) is 9.59 Å². The number of aryl methyl sites for hydroxylation is 1. The van der Waals surface area contributed by atoms with Crippen molar-refractivity contribution in [1.82, 2.24) is 20.6 Å². The Hall–Kier alpha value is -3.59. The molecule has 5 rings (SSSR count). The molecule has 4 N–H and O–H groups in total. The van der Waals surface area contributed by atoms with E-state index in [1.807, 2.05) is 31.2 Å². The van der Waals surface area contributed by atoms with Crippen molar-refractivity contribution in [2.24, 2.45) is 5.92 Å². The maximum atomic E-state index is 13.4. The molecule has 0 unspecified atom stereocenters. The molecule has 2 amide bonds. The van der Waals surface area contributed by atoms with Crippen LogP contribution >= 0.6 is 0 Å². The zero-order valence-electron chi connectivity index (χ0n) is 21.3. The van der Waals surface area contributed by atoms with Gasteiger partial charge in [0.1, 0.15) is 18.1 Å². The van der Waals surface area contributed by atoms with Crippen LogP contribution in [0, 0.1) is 12.8 Å². The number of pyridine rings is 1. The number of aliphatic hydroxyl groups excluding tert-OH is 1. The Labute approximate surface area is 216 Å². The predicted octanol–water partition coefficient (Wildman–Crippen LogP) is 3.49. The number of aromatic nitrogens is 2. The molecule has 2 fully saturated rings. The van der Waals surface area contributed by atoms with Gasteiger partial charge >= 0.3 is 0 Å². The van der Waals surface area contributed by atoms with Crippen molar-refractivity contribution in [1.29, 1.82) is 0 Å². The molecule has 37 heavy (non-hydrogen) atoms. The van der Waals surface area contributed by atoms with Gasteiger partial charge in [0.2, 0.25) is 5.91 Å². The number of benzene rings is 1. The largest absolute Gasteiger partial charge is 0.497 e. The number of methoxy groups -OCH3 is 1. The highest BCUT2D eigenvalue weighted by atomic mass is 16.5. The van der Waals surface area contributed by atoms with E-state index >= 15 is 0 Å². The third-order valence-electron chi connectivity index (χ3n) is 7.32. The van der Waals surface area contributed by atoms with Crippen LogP contribution in [0.3, 0.4) is 0 Å². The zero-order chi connectivity index (χ0) is 25.9. The van der Waals surface area contributed by atoms with Gasteiger partial charge in [-0.3, -0.25) is 14.6 Å². The van der Waals surface area contributed by atoms with Crippen LogP contribution < -0.4 is 20.1 Å². The number of H-pyrrole nitrogens is 1. The minimum Gasteiger partial charge on any atom is -0.497 e. The van der Waals surface area contributed by atoms with E-state index in [1.165, 1.54) is 12.8 Å². The van der Waals surface area contributed by atoms with E-state index in [0.717, 1.165) is 65.0 Å². The van der Waals surface area contributed by atoms with Crippen molar-refractivity contribution >= 4 is 22.7 Å². The number of hydrogen-bond acceptors (Lipinski definition) is 6. The summed E-state index contributed by atoms with van der Waals surface area (Å²) in [7, 11) is 1.63. The van der Waals surface area contributed by atoms with Crippen LogP contribution in [0.25, 0.3) is 22.2 Å². The van der Waals surface area contributed by atoms with Gasteiger partial charge in [0, 0.05) is 41.0 Å². The van der Waals surface area contributed by atoms with Crippen molar-refractivity contribution in [2.75, 3.05) is 20.3 Å². The van der Waals surface area contributed by atoms with Crippen molar-refractivity contribution in [2.45, 2.75) is 57.5 Å². The summed E-state index contributed by atoms with van der Waals surface area (Å²) >= 11 is 0. The summed E-state index contributed by atoms with van der Waals surface area (Å²) in [5, 5.41) is 15.8. The first-order valence-corrected chi connectivity index (χ1v) is 13.0. The lowest BCUT2D eigenvalue weighted by Crippen LogP contribution is -2.44. The first-order valence-electron chi connectivity index (χ1n) is 13.0. The van der Waals surface area contributed by atoms with Gasteiger partial charge in [-0.1, -0.05) is 0 Å². The summed E-state index contributed by atoms with van der Waals surface area (Å²) in [6, 6.07) is 7.67. The molecule has 2 aliphatic rings. The van der Waals surface area contributed by atoms with Crippen LogP contribution in [0.2, 0.25) is 0 Å². The number of amides is 2. The average Bonchev–Trinajstić information content (AvgIpc) is 3.67. The molecule has 2 heterocycles. The maximum absolute atomic E-state index is 13.4. The summed E-state index contributed by atoms with van der Waals surface area (Å²) in [5.41, 5.74) is 3.77. The normalized spacial score (nSPS) is 19.4. The monoisotopic (exact) mass is 506 g/mol. The van der Waals surface area contributed by atoms with E-state index < -0.39 is 6.61 Å². The lowest BCUT2D eigenvalue weighted by Gasteiger charge is -2.29. The number of ether oxygens (including phenoxy) is 2. The van der Waals surface area contributed by atoms with Gasteiger partial charge in [0.05, 0.1) is 30.5 Å². The van der Waals surface area contributed by atoms with Gasteiger partial charge in [-0.2, -0.15) is 0 Å². The average molecular weight is 507 g/mol. The quantitative estimate of drug-likeness (QED) is 0.352. The van der Waals surface area contributed by atoms with Gasteiger partial charge in [0.15, 0.2) is 0 Å². The Morgan fingerprint density at radius 2 is 1.81 bits per heavy atom. The summed E-state index contributed by atoms with van der Waals surface area (Å²) in [5.74, 6) is 1.56. The third-order valence-corrected chi connectivity index (χ3v) is 7.32. The standard InChI is InChI=1S/C28H34N4O5/c1-16-25(28(35)32-19-7-5-18(6-8-19)31-24(34)14-33)22-11-12-29-26(27(22)30-16)21-10-9-20(36-2)13-23(21)37-15-17-3-4-17/h9-13,17-19,30,33H,3-8,14-15H2,1-2H3,(H,31,34)(H,32,35). The number of aromatic amines is 1. The second-order valence-electron chi connectivity index (χ2n) is 10.1. The highest BCUT2D eigenvalue weighted by Crippen LogP contribution is 2.38. The number of aliphatic hydroxyl groups is 1. The van der Waals surface area contributed by atoms with E-state index in [4.69, 9.17) is 14.6 Å². The number of carbonyl (C=O) groups excluding carboxylic acids is 2. The number of fused-ring (bicyclic) bond motifs is 1. The molecular formula is C28H34N4O5. The third kappa shape index (κ3) is 5.56. The fraction of sp³-hybridized carbons (Fsp3) is 0.464. The number of hydrogen-bond donors (Lipinski definition) is 4. The van der Waals surface area contributed by atoms with Gasteiger partial charge in [-0.25, -0.2) is 0 Å². The first-order chi connectivity index (χ1) is 18.0. The molecule has 0 atom stereocenters. The summed E-state index contributed by atoms with van der Waals surface area (Å²) in [6.07, 6.45) is 7.18. The minimum atomic E-state index is -0.502. The molecule has 0 saturated heterocycles. The number of rotatable bonds is 9. The Morgan fingerprint density at radius 3 is 2.49 bits per heavy atom. The molecule has 2 aromatic heterocycles. The Kier molecular flexibility index (Phi) is 7.32. The van der Waals surface area contributed by atoms with Crippen LogP contribution in [0.5, 0.6) is 11.5 Å². The SMILES string of the molecule is COc1ccc(-c2nccc3c(C(=O)NC4CCC(NC(=O)CO)CC4)c(C)[nH]c23)c(OCC2CC2)c1. The van der Waals surface area contributed by atoms with Crippen LogP contribution in [0.1, 0.15) is 54.6 Å². The molecule has 0 radical (unpaired) electrons. The van der Waals surface area contributed by atoms with E-state index in [2.05, 4.69) is 20.6 Å². The van der Waals surface area contributed by atoms with Crippen molar-refractivity contribution in [3.8, 4) is 22.8 Å². The molecule has 2 aliphatic carbocycles. The molecule has 0 bridgehead atoms. The predicted molar refractivity (Wildman–Crippen MR) is 140 cm³/mol.